The summed E-state index contributed by atoms with van der Waals surface area (Å²) in [6.45, 7) is 2.17. The summed E-state index contributed by atoms with van der Waals surface area (Å²) in [5, 5.41) is 9.23. The van der Waals surface area contributed by atoms with Crippen LogP contribution in [0.1, 0.15) is 32.1 Å². The lowest BCUT2D eigenvalue weighted by molar-refractivity contribution is 0.170. The van der Waals surface area contributed by atoms with Gasteiger partial charge in [0.15, 0.2) is 0 Å². The van der Waals surface area contributed by atoms with Crippen LogP contribution < -0.4 is 0 Å². The van der Waals surface area contributed by atoms with Crippen LogP contribution in [-0.4, -0.2) is 35.0 Å². The van der Waals surface area contributed by atoms with Crippen LogP contribution >= 0.6 is 11.8 Å². The second kappa shape index (κ2) is 5.25. The Labute approximate surface area is 103 Å². The molecule has 0 N–H and O–H groups in total. The topological polar surface area (TPSA) is 27.0 Å². The highest BCUT2D eigenvalue weighted by Gasteiger charge is 2.35. The van der Waals surface area contributed by atoms with Gasteiger partial charge in [-0.3, -0.25) is 4.90 Å². The van der Waals surface area contributed by atoms with Gasteiger partial charge in [0, 0.05) is 19.1 Å². The van der Waals surface area contributed by atoms with E-state index in [2.05, 4.69) is 29.4 Å². The molecule has 16 heavy (non-hydrogen) atoms. The lowest BCUT2D eigenvalue weighted by Crippen LogP contribution is -2.46. The summed E-state index contributed by atoms with van der Waals surface area (Å²) in [5.41, 5.74) is 0. The molecule has 2 nitrogen and oxygen atoms in total. The fourth-order valence-corrected chi connectivity index (χ4v) is 3.36. The van der Waals surface area contributed by atoms with Gasteiger partial charge >= 0.3 is 0 Å². The van der Waals surface area contributed by atoms with E-state index in [1.165, 1.54) is 19.3 Å². The molecule has 2 aliphatic rings. The van der Waals surface area contributed by atoms with Gasteiger partial charge in [-0.15, -0.1) is 11.8 Å². The summed E-state index contributed by atoms with van der Waals surface area (Å²) >= 11 is 1.74. The second-order valence-electron chi connectivity index (χ2n) is 4.77. The first kappa shape index (κ1) is 12.0. The molecule has 1 atom stereocenters. The predicted molar refractivity (Wildman–Crippen MR) is 69.4 cm³/mol. The highest BCUT2D eigenvalue weighted by molar-refractivity contribution is 8.00. The number of piperidine rings is 1. The van der Waals surface area contributed by atoms with Crippen LogP contribution in [0.15, 0.2) is 12.2 Å². The largest absolute Gasteiger partial charge is 0.297 e. The van der Waals surface area contributed by atoms with E-state index < -0.39 is 0 Å². The minimum absolute atomic E-state index is 0.102. The first-order chi connectivity index (χ1) is 7.79. The zero-order chi connectivity index (χ0) is 11.4. The van der Waals surface area contributed by atoms with Crippen molar-refractivity contribution in [2.75, 3.05) is 19.3 Å². The Bertz CT molecular complexity index is 298. The van der Waals surface area contributed by atoms with Gasteiger partial charge in [-0.25, -0.2) is 0 Å². The van der Waals surface area contributed by atoms with Gasteiger partial charge in [-0.2, -0.15) is 5.26 Å². The molecule has 1 fully saturated rings. The van der Waals surface area contributed by atoms with Crippen LogP contribution in [0, 0.1) is 11.3 Å². The first-order valence-electron chi connectivity index (χ1n) is 6.17. The van der Waals surface area contributed by atoms with Crippen molar-refractivity contribution in [1.82, 2.24) is 4.90 Å². The fourth-order valence-electron chi connectivity index (χ4n) is 2.68. The minimum atomic E-state index is -0.102. The molecule has 88 valence electrons. The minimum Gasteiger partial charge on any atom is -0.297 e. The van der Waals surface area contributed by atoms with Crippen LogP contribution in [0.25, 0.3) is 0 Å². The Kier molecular flexibility index (Phi) is 3.94. The van der Waals surface area contributed by atoms with E-state index in [1.54, 1.807) is 11.8 Å². The number of nitrogens with zero attached hydrogens (tertiary/aromatic N) is 2. The maximum Gasteiger partial charge on any atom is 0.104 e. The molecule has 1 aliphatic carbocycles. The van der Waals surface area contributed by atoms with E-state index in [9.17, 15) is 5.26 Å². The molecule has 0 bridgehead atoms. The molecular formula is C13H20N2S. The molecular weight excluding hydrogens is 216 g/mol. The van der Waals surface area contributed by atoms with Crippen LogP contribution in [0.2, 0.25) is 0 Å². The van der Waals surface area contributed by atoms with Crippen molar-refractivity contribution in [2.24, 2.45) is 0 Å². The highest BCUT2D eigenvalue weighted by atomic mass is 32.2. The summed E-state index contributed by atoms with van der Waals surface area (Å²) in [6, 6.07) is 3.15. The van der Waals surface area contributed by atoms with Crippen molar-refractivity contribution in [3.8, 4) is 6.07 Å². The standard InChI is InChI=1S/C13H20N2S/c1-16-13(11-14)7-9-15(10-8-13)12-5-3-2-4-6-12/h3,5,12H,2,4,6-10H2,1H3. The predicted octanol–water partition coefficient (Wildman–Crippen LogP) is 2.82. The number of likely N-dealkylation sites (tertiary alicyclic amines) is 1. The third kappa shape index (κ3) is 2.44. The summed E-state index contributed by atoms with van der Waals surface area (Å²) in [7, 11) is 0. The Balaban J connectivity index is 1.92. The van der Waals surface area contributed by atoms with Crippen molar-refractivity contribution in [3.63, 3.8) is 0 Å². The molecule has 1 saturated heterocycles. The number of rotatable bonds is 2. The summed E-state index contributed by atoms with van der Waals surface area (Å²) in [6.07, 6.45) is 12.7. The first-order valence-corrected chi connectivity index (χ1v) is 7.39. The van der Waals surface area contributed by atoms with Gasteiger partial charge in [0.05, 0.1) is 6.07 Å². The Hall–Kier alpha value is -0.460. The Morgan fingerprint density at radius 3 is 2.69 bits per heavy atom. The molecule has 0 spiro atoms. The normalized spacial score (nSPS) is 29.9. The molecule has 0 aromatic carbocycles. The van der Waals surface area contributed by atoms with Gasteiger partial charge in [0.1, 0.15) is 4.75 Å². The van der Waals surface area contributed by atoms with Crippen LogP contribution in [0.5, 0.6) is 0 Å². The number of allylic oxidation sites excluding steroid dienone is 1. The van der Waals surface area contributed by atoms with Crippen molar-refractivity contribution >= 4 is 11.8 Å². The molecule has 0 aromatic heterocycles. The molecule has 1 aliphatic heterocycles. The molecule has 0 aromatic rings. The van der Waals surface area contributed by atoms with E-state index in [1.807, 2.05) is 0 Å². The summed E-state index contributed by atoms with van der Waals surface area (Å²) in [5.74, 6) is 0. The van der Waals surface area contributed by atoms with Gasteiger partial charge in [0.25, 0.3) is 0 Å². The molecule has 0 amide bonds. The van der Waals surface area contributed by atoms with E-state index >= 15 is 0 Å². The number of hydrogen-bond donors (Lipinski definition) is 0. The maximum absolute atomic E-state index is 9.23. The quantitative estimate of drug-likeness (QED) is 0.690. The SMILES string of the molecule is CSC1(C#N)CCN(C2C=CCCC2)CC1. The van der Waals surface area contributed by atoms with Crippen LogP contribution in [-0.2, 0) is 0 Å². The smallest absolute Gasteiger partial charge is 0.104 e. The second-order valence-corrected chi connectivity index (χ2v) is 5.96. The molecule has 1 unspecified atom stereocenters. The number of thioether (sulfide) groups is 1. The lowest BCUT2D eigenvalue weighted by atomic mass is 9.93. The molecule has 0 radical (unpaired) electrons. The van der Waals surface area contributed by atoms with E-state index in [0.717, 1.165) is 25.9 Å². The third-order valence-corrected chi connectivity index (χ3v) is 5.18. The van der Waals surface area contributed by atoms with Crippen molar-refractivity contribution < 1.29 is 0 Å². The molecule has 3 heteroatoms. The molecule has 2 rings (SSSR count). The average Bonchev–Trinajstić information content (AvgIpc) is 2.40. The Morgan fingerprint density at radius 2 is 2.19 bits per heavy atom. The van der Waals surface area contributed by atoms with Gasteiger partial charge in [0.2, 0.25) is 0 Å². The summed E-state index contributed by atoms with van der Waals surface area (Å²) in [4.78, 5) is 2.56. The maximum atomic E-state index is 9.23. The highest BCUT2D eigenvalue weighted by Crippen LogP contribution is 2.35. The lowest BCUT2D eigenvalue weighted by Gasteiger charge is -2.40. The van der Waals surface area contributed by atoms with Gasteiger partial charge < -0.3 is 0 Å². The monoisotopic (exact) mass is 236 g/mol. The Morgan fingerprint density at radius 1 is 1.44 bits per heavy atom. The van der Waals surface area contributed by atoms with Gasteiger partial charge in [-0.05, 0) is 38.4 Å². The van der Waals surface area contributed by atoms with Gasteiger partial charge in [-0.1, -0.05) is 12.2 Å². The van der Waals surface area contributed by atoms with Crippen LogP contribution in [0.4, 0.5) is 0 Å². The van der Waals surface area contributed by atoms with Crippen molar-refractivity contribution in [1.29, 1.82) is 5.26 Å². The van der Waals surface area contributed by atoms with E-state index in [0.29, 0.717) is 6.04 Å². The van der Waals surface area contributed by atoms with E-state index in [4.69, 9.17) is 0 Å². The van der Waals surface area contributed by atoms with E-state index in [-0.39, 0.29) is 4.75 Å². The van der Waals surface area contributed by atoms with Crippen LogP contribution in [0.3, 0.4) is 0 Å². The number of hydrogen-bond acceptors (Lipinski definition) is 3. The zero-order valence-corrected chi connectivity index (χ0v) is 10.8. The molecule has 1 heterocycles. The third-order valence-electron chi connectivity index (χ3n) is 3.90. The average molecular weight is 236 g/mol. The van der Waals surface area contributed by atoms with Crippen molar-refractivity contribution in [2.45, 2.75) is 42.9 Å². The fraction of sp³-hybridized carbons (Fsp3) is 0.769. The zero-order valence-electron chi connectivity index (χ0n) is 9.98. The number of nitriles is 1. The molecule has 0 saturated carbocycles. The summed E-state index contributed by atoms with van der Waals surface area (Å²) < 4.78 is -0.102. The van der Waals surface area contributed by atoms with Crippen molar-refractivity contribution in [3.05, 3.63) is 12.2 Å².